The summed E-state index contributed by atoms with van der Waals surface area (Å²) < 4.78 is 6.19. The number of ether oxygens (including phenoxy) is 1. The smallest absolute Gasteiger partial charge is 0.122 e. The van der Waals surface area contributed by atoms with Crippen molar-refractivity contribution in [3.63, 3.8) is 0 Å². The summed E-state index contributed by atoms with van der Waals surface area (Å²) in [5, 5.41) is 0. The van der Waals surface area contributed by atoms with Gasteiger partial charge in [0, 0.05) is 5.41 Å². The molecule has 27 heavy (non-hydrogen) atoms. The van der Waals surface area contributed by atoms with Crippen LogP contribution in [-0.2, 0) is 10.8 Å². The molecule has 0 bridgehead atoms. The van der Waals surface area contributed by atoms with Crippen molar-refractivity contribution >= 4 is 0 Å². The summed E-state index contributed by atoms with van der Waals surface area (Å²) in [5.41, 5.74) is 3.80. The lowest BCUT2D eigenvalue weighted by atomic mass is 9.58. The van der Waals surface area contributed by atoms with Gasteiger partial charge in [0.2, 0.25) is 0 Å². The van der Waals surface area contributed by atoms with Crippen molar-refractivity contribution in [2.45, 2.75) is 44.9 Å². The summed E-state index contributed by atoms with van der Waals surface area (Å²) in [6.45, 7) is 9.86. The van der Waals surface area contributed by atoms with E-state index in [4.69, 9.17) is 4.74 Å². The Kier molecular flexibility index (Phi) is 5.70. The fraction of sp³-hybridized carbons (Fsp3) is 0.308. The average molecular weight is 359 g/mol. The topological polar surface area (TPSA) is 9.23 Å². The summed E-state index contributed by atoms with van der Waals surface area (Å²) in [6.07, 6.45) is 0.938. The maximum absolute atomic E-state index is 6.19. The lowest BCUT2D eigenvalue weighted by molar-refractivity contribution is 0.198. The molecule has 1 atom stereocenters. The number of hydrogen-bond donors (Lipinski definition) is 0. The van der Waals surface area contributed by atoms with Crippen LogP contribution in [-0.4, -0.2) is 6.61 Å². The van der Waals surface area contributed by atoms with Gasteiger partial charge in [-0.2, -0.15) is 0 Å². The zero-order chi connectivity index (χ0) is 19.3. The molecule has 0 unspecified atom stereocenters. The molecule has 0 saturated heterocycles. The van der Waals surface area contributed by atoms with Gasteiger partial charge in [0.15, 0.2) is 0 Å². The molecule has 0 aliphatic rings. The van der Waals surface area contributed by atoms with Crippen LogP contribution in [0.25, 0.3) is 0 Å². The van der Waals surface area contributed by atoms with Gasteiger partial charge in [-0.1, -0.05) is 99.6 Å². The van der Waals surface area contributed by atoms with Crippen molar-refractivity contribution in [1.29, 1.82) is 0 Å². The van der Waals surface area contributed by atoms with Crippen LogP contribution < -0.4 is 4.74 Å². The van der Waals surface area contributed by atoms with Crippen LogP contribution in [0.1, 0.15) is 43.9 Å². The minimum Gasteiger partial charge on any atom is -0.493 e. The van der Waals surface area contributed by atoms with E-state index >= 15 is 0 Å². The van der Waals surface area contributed by atoms with Crippen LogP contribution in [0, 0.1) is 6.92 Å². The lowest BCUT2D eigenvalue weighted by Gasteiger charge is -2.45. The molecule has 0 amide bonds. The Morgan fingerprint density at radius 2 is 1.19 bits per heavy atom. The molecule has 3 rings (SSSR count). The largest absolute Gasteiger partial charge is 0.493 e. The highest BCUT2D eigenvalue weighted by atomic mass is 16.5. The molecular weight excluding hydrogens is 328 g/mol. The fourth-order valence-electron chi connectivity index (χ4n) is 3.88. The van der Waals surface area contributed by atoms with Gasteiger partial charge in [-0.25, -0.2) is 0 Å². The minimum absolute atomic E-state index is 0.0370. The van der Waals surface area contributed by atoms with Crippen LogP contribution in [0.5, 0.6) is 5.75 Å². The molecule has 140 valence electrons. The zero-order valence-electron chi connectivity index (χ0n) is 16.9. The SMILES string of the molecule is Cc1ccccc1OCC[C@](C)(c1ccccc1)C(C)(C)c1ccccc1. The van der Waals surface area contributed by atoms with Crippen LogP contribution in [0.15, 0.2) is 84.9 Å². The molecule has 0 fully saturated rings. The molecule has 0 heterocycles. The average Bonchev–Trinajstić information content (AvgIpc) is 2.70. The zero-order valence-corrected chi connectivity index (χ0v) is 16.9. The molecule has 0 aliphatic heterocycles. The van der Waals surface area contributed by atoms with Crippen molar-refractivity contribution in [1.82, 2.24) is 0 Å². The van der Waals surface area contributed by atoms with E-state index in [0.717, 1.165) is 12.2 Å². The second-order valence-corrected chi connectivity index (χ2v) is 8.05. The molecule has 3 aromatic rings. The quantitative estimate of drug-likeness (QED) is 0.456. The van der Waals surface area contributed by atoms with Gasteiger partial charge in [-0.3, -0.25) is 0 Å². The van der Waals surface area contributed by atoms with Crippen molar-refractivity contribution < 1.29 is 4.74 Å². The Hall–Kier alpha value is -2.54. The monoisotopic (exact) mass is 358 g/mol. The number of hydrogen-bond acceptors (Lipinski definition) is 1. The van der Waals surface area contributed by atoms with Crippen LogP contribution in [0.3, 0.4) is 0 Å². The summed E-state index contributed by atoms with van der Waals surface area (Å²) in [4.78, 5) is 0. The van der Waals surface area contributed by atoms with E-state index in [2.05, 4.69) is 107 Å². The van der Waals surface area contributed by atoms with Crippen molar-refractivity contribution in [3.05, 3.63) is 102 Å². The highest BCUT2D eigenvalue weighted by Crippen LogP contribution is 2.46. The first-order valence-corrected chi connectivity index (χ1v) is 9.75. The maximum atomic E-state index is 6.19. The van der Waals surface area contributed by atoms with Crippen molar-refractivity contribution in [3.8, 4) is 5.75 Å². The third-order valence-corrected chi connectivity index (χ3v) is 6.24. The highest BCUT2D eigenvalue weighted by Gasteiger charge is 2.43. The first-order chi connectivity index (χ1) is 12.9. The molecule has 0 spiro atoms. The second kappa shape index (κ2) is 8.00. The van der Waals surface area contributed by atoms with Gasteiger partial charge >= 0.3 is 0 Å². The summed E-state index contributed by atoms with van der Waals surface area (Å²) >= 11 is 0. The molecule has 0 aliphatic carbocycles. The Morgan fingerprint density at radius 1 is 0.667 bits per heavy atom. The van der Waals surface area contributed by atoms with E-state index in [0.29, 0.717) is 6.61 Å². The van der Waals surface area contributed by atoms with E-state index in [1.54, 1.807) is 0 Å². The van der Waals surface area contributed by atoms with E-state index in [-0.39, 0.29) is 10.8 Å². The van der Waals surface area contributed by atoms with Gasteiger partial charge < -0.3 is 4.74 Å². The second-order valence-electron chi connectivity index (χ2n) is 8.05. The van der Waals surface area contributed by atoms with Gasteiger partial charge in [-0.15, -0.1) is 0 Å². The normalized spacial score (nSPS) is 13.8. The Morgan fingerprint density at radius 3 is 1.78 bits per heavy atom. The van der Waals surface area contributed by atoms with Gasteiger partial charge in [-0.05, 0) is 41.5 Å². The number of para-hydroxylation sites is 1. The molecule has 0 saturated carbocycles. The predicted octanol–water partition coefficient (Wildman–Crippen LogP) is 6.70. The Labute approximate surface area is 164 Å². The first kappa shape index (κ1) is 19.2. The van der Waals surface area contributed by atoms with Gasteiger partial charge in [0.05, 0.1) is 6.61 Å². The van der Waals surface area contributed by atoms with Crippen LogP contribution in [0.2, 0.25) is 0 Å². The summed E-state index contributed by atoms with van der Waals surface area (Å²) in [7, 11) is 0. The molecule has 0 N–H and O–H groups in total. The molecular formula is C26H30O. The van der Waals surface area contributed by atoms with E-state index < -0.39 is 0 Å². The highest BCUT2D eigenvalue weighted by molar-refractivity contribution is 5.37. The molecule has 1 nitrogen and oxygen atoms in total. The Bertz CT molecular complexity index is 852. The van der Waals surface area contributed by atoms with E-state index in [1.807, 2.05) is 6.07 Å². The molecule has 1 heteroatoms. The van der Waals surface area contributed by atoms with Crippen LogP contribution >= 0.6 is 0 Å². The van der Waals surface area contributed by atoms with Crippen molar-refractivity contribution in [2.24, 2.45) is 0 Å². The predicted molar refractivity (Wildman–Crippen MR) is 115 cm³/mol. The lowest BCUT2D eigenvalue weighted by Crippen LogP contribution is -2.44. The van der Waals surface area contributed by atoms with E-state index in [1.165, 1.54) is 16.7 Å². The molecule has 0 aromatic heterocycles. The van der Waals surface area contributed by atoms with E-state index in [9.17, 15) is 0 Å². The summed E-state index contributed by atoms with van der Waals surface area (Å²) in [6, 6.07) is 29.9. The number of aryl methyl sites for hydroxylation is 1. The van der Waals surface area contributed by atoms with Crippen molar-refractivity contribution in [2.75, 3.05) is 6.61 Å². The fourth-order valence-corrected chi connectivity index (χ4v) is 3.88. The van der Waals surface area contributed by atoms with Gasteiger partial charge in [0.25, 0.3) is 0 Å². The summed E-state index contributed by atoms with van der Waals surface area (Å²) in [5.74, 6) is 0.977. The van der Waals surface area contributed by atoms with Crippen LogP contribution in [0.4, 0.5) is 0 Å². The molecule has 0 radical (unpaired) electrons. The number of benzene rings is 3. The standard InChI is InChI=1S/C26H30O/c1-21-13-11-12-18-24(21)27-20-19-26(4,23-16-9-6-10-17-23)25(2,3)22-14-7-5-8-15-22/h5-18H,19-20H2,1-4H3/t26-/m1/s1. The third-order valence-electron chi connectivity index (χ3n) is 6.24. The Balaban J connectivity index is 1.90. The van der Waals surface area contributed by atoms with Gasteiger partial charge in [0.1, 0.15) is 5.75 Å². The molecule has 3 aromatic carbocycles. The number of rotatable bonds is 7. The minimum atomic E-state index is -0.0572. The third kappa shape index (κ3) is 3.93. The maximum Gasteiger partial charge on any atom is 0.122 e. The first-order valence-electron chi connectivity index (χ1n) is 9.75.